The van der Waals surface area contributed by atoms with Crippen LogP contribution in [0.2, 0.25) is 0 Å². The summed E-state index contributed by atoms with van der Waals surface area (Å²) in [6.07, 6.45) is 1.41. The van der Waals surface area contributed by atoms with Crippen molar-refractivity contribution in [2.75, 3.05) is 7.11 Å². The molecule has 0 fully saturated rings. The molecular weight excluding hydrogens is 188 g/mol. The topological polar surface area (TPSA) is 26.3 Å². The molecule has 15 heavy (non-hydrogen) atoms. The minimum atomic E-state index is -0.0221. The van der Waals surface area contributed by atoms with Gasteiger partial charge in [-0.1, -0.05) is 32.0 Å². The Morgan fingerprint density at radius 1 is 1.33 bits per heavy atom. The Labute approximate surface area is 91.3 Å². The van der Waals surface area contributed by atoms with Gasteiger partial charge in [-0.3, -0.25) is 4.79 Å². The molecule has 0 saturated heterocycles. The molecule has 0 unspecified atom stereocenters. The average Bonchev–Trinajstić information content (AvgIpc) is 2.30. The second kappa shape index (κ2) is 5.54. The third-order valence-electron chi connectivity index (χ3n) is 2.66. The first-order chi connectivity index (χ1) is 7.24. The monoisotopic (exact) mass is 206 g/mol. The zero-order valence-electron chi connectivity index (χ0n) is 9.62. The van der Waals surface area contributed by atoms with Crippen LogP contribution in [0.5, 0.6) is 5.75 Å². The summed E-state index contributed by atoms with van der Waals surface area (Å²) in [5.74, 6) is 1.07. The standard InChI is InChI=1S/C13H18O2/c1-4-10(12(14)5-2)11-8-6-7-9-13(11)15-3/h6-10H,4-5H2,1-3H3/t10-/m1/s1. The number of para-hydroxylation sites is 1. The molecule has 0 aliphatic carbocycles. The molecule has 0 bridgehead atoms. The predicted molar refractivity (Wildman–Crippen MR) is 61.3 cm³/mol. The molecule has 1 aromatic rings. The van der Waals surface area contributed by atoms with Gasteiger partial charge in [0.05, 0.1) is 7.11 Å². The lowest BCUT2D eigenvalue weighted by atomic mass is 9.90. The first-order valence-corrected chi connectivity index (χ1v) is 5.40. The summed E-state index contributed by atoms with van der Waals surface area (Å²) in [4.78, 5) is 11.8. The van der Waals surface area contributed by atoms with Crippen LogP contribution < -0.4 is 4.74 Å². The maximum Gasteiger partial charge on any atom is 0.140 e. The Kier molecular flexibility index (Phi) is 4.35. The normalized spacial score (nSPS) is 12.2. The smallest absolute Gasteiger partial charge is 0.140 e. The van der Waals surface area contributed by atoms with E-state index in [2.05, 4.69) is 0 Å². The van der Waals surface area contributed by atoms with Crippen molar-refractivity contribution in [3.8, 4) is 5.75 Å². The zero-order chi connectivity index (χ0) is 11.3. The number of carbonyl (C=O) groups is 1. The van der Waals surface area contributed by atoms with Crippen molar-refractivity contribution in [1.29, 1.82) is 0 Å². The van der Waals surface area contributed by atoms with Crippen molar-refractivity contribution in [2.24, 2.45) is 0 Å². The summed E-state index contributed by atoms with van der Waals surface area (Å²) < 4.78 is 5.27. The Hall–Kier alpha value is -1.31. The first kappa shape index (κ1) is 11.8. The lowest BCUT2D eigenvalue weighted by molar-refractivity contribution is -0.120. The third kappa shape index (κ3) is 2.58. The molecule has 0 amide bonds. The lowest BCUT2D eigenvalue weighted by Gasteiger charge is -2.16. The van der Waals surface area contributed by atoms with Crippen LogP contribution in [0, 0.1) is 0 Å². The molecule has 1 rings (SSSR count). The fourth-order valence-corrected chi connectivity index (χ4v) is 1.82. The summed E-state index contributed by atoms with van der Waals surface area (Å²) in [5, 5.41) is 0. The van der Waals surface area contributed by atoms with Crippen LogP contribution in [0.15, 0.2) is 24.3 Å². The third-order valence-corrected chi connectivity index (χ3v) is 2.66. The van der Waals surface area contributed by atoms with Crippen LogP contribution in [-0.4, -0.2) is 12.9 Å². The molecule has 0 aromatic heterocycles. The second-order valence-electron chi connectivity index (χ2n) is 3.52. The van der Waals surface area contributed by atoms with Crippen molar-refractivity contribution in [1.82, 2.24) is 0 Å². The molecule has 0 aliphatic heterocycles. The molecule has 0 radical (unpaired) electrons. The number of hydrogen-bond acceptors (Lipinski definition) is 2. The number of carbonyl (C=O) groups excluding carboxylic acids is 1. The van der Waals surface area contributed by atoms with Gasteiger partial charge < -0.3 is 4.74 Å². The Bertz CT molecular complexity index is 331. The van der Waals surface area contributed by atoms with E-state index in [4.69, 9.17) is 4.74 Å². The van der Waals surface area contributed by atoms with E-state index < -0.39 is 0 Å². The van der Waals surface area contributed by atoms with Crippen LogP contribution >= 0.6 is 0 Å². The summed E-state index contributed by atoms with van der Waals surface area (Å²) in [6.45, 7) is 3.94. The number of rotatable bonds is 5. The molecule has 0 heterocycles. The molecule has 0 aliphatic rings. The van der Waals surface area contributed by atoms with Gasteiger partial charge in [-0.25, -0.2) is 0 Å². The molecule has 0 saturated carbocycles. The van der Waals surface area contributed by atoms with Gasteiger partial charge in [-0.2, -0.15) is 0 Å². The average molecular weight is 206 g/mol. The Balaban J connectivity index is 3.05. The van der Waals surface area contributed by atoms with E-state index in [1.165, 1.54) is 0 Å². The van der Waals surface area contributed by atoms with Crippen molar-refractivity contribution in [3.63, 3.8) is 0 Å². The van der Waals surface area contributed by atoms with Gasteiger partial charge >= 0.3 is 0 Å². The van der Waals surface area contributed by atoms with E-state index in [1.54, 1.807) is 7.11 Å². The molecule has 0 spiro atoms. The van der Waals surface area contributed by atoms with Gasteiger partial charge in [0.2, 0.25) is 0 Å². The number of ether oxygens (including phenoxy) is 1. The number of hydrogen-bond donors (Lipinski definition) is 0. The Morgan fingerprint density at radius 2 is 2.00 bits per heavy atom. The summed E-state index contributed by atoms with van der Waals surface area (Å²) in [5.41, 5.74) is 1.01. The van der Waals surface area contributed by atoms with E-state index in [0.717, 1.165) is 17.7 Å². The largest absolute Gasteiger partial charge is 0.496 e. The van der Waals surface area contributed by atoms with Gasteiger partial charge in [0.15, 0.2) is 0 Å². The fourth-order valence-electron chi connectivity index (χ4n) is 1.82. The predicted octanol–water partition coefficient (Wildman–Crippen LogP) is 3.17. The Morgan fingerprint density at radius 3 is 2.53 bits per heavy atom. The zero-order valence-corrected chi connectivity index (χ0v) is 9.62. The highest BCUT2D eigenvalue weighted by Gasteiger charge is 2.19. The van der Waals surface area contributed by atoms with E-state index in [0.29, 0.717) is 6.42 Å². The van der Waals surface area contributed by atoms with E-state index >= 15 is 0 Å². The van der Waals surface area contributed by atoms with Gasteiger partial charge in [0, 0.05) is 17.9 Å². The highest BCUT2D eigenvalue weighted by atomic mass is 16.5. The van der Waals surface area contributed by atoms with Crippen LogP contribution in [0.4, 0.5) is 0 Å². The molecule has 0 N–H and O–H groups in total. The van der Waals surface area contributed by atoms with Gasteiger partial charge in [-0.05, 0) is 12.5 Å². The molecule has 82 valence electrons. The second-order valence-corrected chi connectivity index (χ2v) is 3.52. The van der Waals surface area contributed by atoms with Crippen molar-refractivity contribution in [3.05, 3.63) is 29.8 Å². The highest BCUT2D eigenvalue weighted by Crippen LogP contribution is 2.29. The summed E-state index contributed by atoms with van der Waals surface area (Å²) >= 11 is 0. The molecule has 1 atom stereocenters. The minimum absolute atomic E-state index is 0.0221. The molecular formula is C13H18O2. The van der Waals surface area contributed by atoms with E-state index in [9.17, 15) is 4.79 Å². The minimum Gasteiger partial charge on any atom is -0.496 e. The highest BCUT2D eigenvalue weighted by molar-refractivity contribution is 5.86. The van der Waals surface area contributed by atoms with Crippen molar-refractivity contribution in [2.45, 2.75) is 32.6 Å². The summed E-state index contributed by atoms with van der Waals surface area (Å²) in [6, 6.07) is 7.75. The summed E-state index contributed by atoms with van der Waals surface area (Å²) in [7, 11) is 1.64. The number of Topliss-reactive ketones (excluding diaryl/α,β-unsaturated/α-hetero) is 1. The van der Waals surface area contributed by atoms with E-state index in [-0.39, 0.29) is 11.7 Å². The van der Waals surface area contributed by atoms with Crippen LogP contribution in [0.25, 0.3) is 0 Å². The first-order valence-electron chi connectivity index (χ1n) is 5.40. The lowest BCUT2D eigenvalue weighted by Crippen LogP contribution is -2.11. The van der Waals surface area contributed by atoms with E-state index in [1.807, 2.05) is 38.1 Å². The quantitative estimate of drug-likeness (QED) is 0.739. The molecule has 2 nitrogen and oxygen atoms in total. The van der Waals surface area contributed by atoms with Crippen LogP contribution in [-0.2, 0) is 4.79 Å². The van der Waals surface area contributed by atoms with Crippen molar-refractivity contribution < 1.29 is 9.53 Å². The van der Waals surface area contributed by atoms with Gasteiger partial charge in [0.25, 0.3) is 0 Å². The van der Waals surface area contributed by atoms with Gasteiger partial charge in [0.1, 0.15) is 11.5 Å². The van der Waals surface area contributed by atoms with Crippen LogP contribution in [0.3, 0.4) is 0 Å². The fraction of sp³-hybridized carbons (Fsp3) is 0.462. The van der Waals surface area contributed by atoms with Crippen molar-refractivity contribution >= 4 is 5.78 Å². The molecule has 2 heteroatoms. The number of methoxy groups -OCH3 is 1. The van der Waals surface area contributed by atoms with Crippen LogP contribution in [0.1, 0.15) is 38.2 Å². The maximum atomic E-state index is 11.8. The SMILES string of the molecule is CCC(=O)[C@H](CC)c1ccccc1OC. The number of benzene rings is 1. The number of ketones is 1. The van der Waals surface area contributed by atoms with Gasteiger partial charge in [-0.15, -0.1) is 0 Å². The maximum absolute atomic E-state index is 11.8. The molecule has 1 aromatic carbocycles.